The molecule has 0 saturated carbocycles. The number of phenolic OH excluding ortho intramolecular Hbond substituents is 1. The lowest BCUT2D eigenvalue weighted by Crippen LogP contribution is -2.46. The van der Waals surface area contributed by atoms with Gasteiger partial charge in [-0.15, -0.1) is 0 Å². The molecule has 1 amide bonds. The van der Waals surface area contributed by atoms with Crippen LogP contribution in [0.5, 0.6) is 5.75 Å². The number of nitriles is 1. The number of fused-ring (bicyclic) bond motifs is 1. The summed E-state index contributed by atoms with van der Waals surface area (Å²) in [6, 6.07) is 11.5. The van der Waals surface area contributed by atoms with Crippen LogP contribution < -0.4 is 10.2 Å². The number of benzene rings is 2. The van der Waals surface area contributed by atoms with Crippen molar-refractivity contribution >= 4 is 22.9 Å². The molecule has 0 spiro atoms. The molecule has 0 bridgehead atoms. The minimum absolute atomic E-state index is 0.0987. The molecule has 206 valence electrons. The molecule has 3 heterocycles. The van der Waals surface area contributed by atoms with Gasteiger partial charge in [0.05, 0.1) is 16.8 Å². The zero-order chi connectivity index (χ0) is 28.6. The number of nitrogens with one attached hydrogen (secondary N) is 1. The number of phenols is 1. The van der Waals surface area contributed by atoms with Crippen LogP contribution in [0.4, 0.5) is 19.3 Å². The number of anilines is 1. The van der Waals surface area contributed by atoms with Gasteiger partial charge >= 0.3 is 6.09 Å². The van der Waals surface area contributed by atoms with Crippen molar-refractivity contribution in [2.75, 3.05) is 18.0 Å². The molecule has 10 heteroatoms. The van der Waals surface area contributed by atoms with Gasteiger partial charge in [0, 0.05) is 43.0 Å². The summed E-state index contributed by atoms with van der Waals surface area (Å²) < 4.78 is 40.1. The number of amides is 1. The third kappa shape index (κ3) is 5.54. The first kappa shape index (κ1) is 26.9. The minimum atomic E-state index is -0.723. The number of hydrogen-bond donors (Lipinski definition) is 2. The molecule has 1 aliphatic heterocycles. The lowest BCUT2D eigenvalue weighted by molar-refractivity contribution is 0.0497. The van der Waals surface area contributed by atoms with Crippen LogP contribution in [0.15, 0.2) is 53.1 Å². The van der Waals surface area contributed by atoms with Crippen LogP contribution in [0.2, 0.25) is 0 Å². The molecule has 4 aromatic rings. The highest BCUT2D eigenvalue weighted by Gasteiger charge is 2.28. The Labute approximate surface area is 229 Å². The number of piperidine rings is 1. The van der Waals surface area contributed by atoms with Crippen LogP contribution in [-0.2, 0) is 4.74 Å². The number of hydrogen-bond acceptors (Lipinski definition) is 7. The molecule has 1 aliphatic rings. The van der Waals surface area contributed by atoms with Gasteiger partial charge in [-0.3, -0.25) is 4.98 Å². The Hall–Kier alpha value is -4.65. The van der Waals surface area contributed by atoms with Crippen LogP contribution in [-0.4, -0.2) is 40.9 Å². The van der Waals surface area contributed by atoms with Crippen molar-refractivity contribution in [1.82, 2.24) is 10.3 Å². The van der Waals surface area contributed by atoms with E-state index in [9.17, 15) is 23.9 Å². The van der Waals surface area contributed by atoms with E-state index in [2.05, 4.69) is 10.3 Å². The molecule has 1 saturated heterocycles. The summed E-state index contributed by atoms with van der Waals surface area (Å²) in [4.78, 5) is 18.8. The second-order valence-electron chi connectivity index (χ2n) is 10.7. The first-order chi connectivity index (χ1) is 19.0. The van der Waals surface area contributed by atoms with Gasteiger partial charge in [-0.2, -0.15) is 5.26 Å². The summed E-state index contributed by atoms with van der Waals surface area (Å²) in [5.74, 6) is -1.37. The topological polar surface area (TPSA) is 112 Å². The maximum absolute atomic E-state index is 14.2. The van der Waals surface area contributed by atoms with Crippen molar-refractivity contribution in [1.29, 1.82) is 5.26 Å². The van der Waals surface area contributed by atoms with Gasteiger partial charge in [-0.05, 0) is 63.4 Å². The molecule has 2 aromatic heterocycles. The van der Waals surface area contributed by atoms with Gasteiger partial charge in [-0.1, -0.05) is 6.07 Å². The van der Waals surface area contributed by atoms with Crippen molar-refractivity contribution in [2.24, 2.45) is 0 Å². The Kier molecular flexibility index (Phi) is 7.06. The Balaban J connectivity index is 1.54. The highest BCUT2D eigenvalue weighted by Crippen LogP contribution is 2.42. The molecule has 8 nitrogen and oxygen atoms in total. The van der Waals surface area contributed by atoms with E-state index in [-0.39, 0.29) is 17.4 Å². The number of pyridine rings is 1. The number of alkyl carbamates (subject to hydrolysis) is 1. The van der Waals surface area contributed by atoms with Gasteiger partial charge in [0.25, 0.3) is 0 Å². The fraction of sp³-hybridized carbons (Fsp3) is 0.300. The van der Waals surface area contributed by atoms with Crippen molar-refractivity contribution < 1.29 is 27.8 Å². The van der Waals surface area contributed by atoms with Gasteiger partial charge < -0.3 is 24.5 Å². The van der Waals surface area contributed by atoms with Crippen LogP contribution in [0.3, 0.4) is 0 Å². The number of furan rings is 1. The van der Waals surface area contributed by atoms with E-state index in [4.69, 9.17) is 9.15 Å². The van der Waals surface area contributed by atoms with Crippen LogP contribution in [0, 0.1) is 23.0 Å². The van der Waals surface area contributed by atoms with Gasteiger partial charge in [0.2, 0.25) is 0 Å². The molecule has 0 atom stereocenters. The summed E-state index contributed by atoms with van der Waals surface area (Å²) in [5.41, 5.74) is 2.01. The van der Waals surface area contributed by atoms with Crippen molar-refractivity contribution in [3.8, 4) is 34.3 Å². The van der Waals surface area contributed by atoms with E-state index in [0.29, 0.717) is 65.2 Å². The smallest absolute Gasteiger partial charge is 0.407 e. The number of aromatic hydroxyl groups is 1. The summed E-state index contributed by atoms with van der Waals surface area (Å²) in [6.45, 7) is 6.42. The Morgan fingerprint density at radius 1 is 1.15 bits per heavy atom. The number of aromatic nitrogens is 1. The standard InChI is InChI=1S/C30H28F2N4O4/c1-30(2,3)40-29(38)35-21-7-9-36(10-8-21)26-23(18-11-19(31)13-20(32)12-18)16-34-24-14-25(39-28(24)26)22-6-4-5-17(15-33)27(22)37/h4-6,11-14,16,21,37H,7-10H2,1-3H3,(H,35,38). The number of rotatable bonds is 4. The molecule has 0 unspecified atom stereocenters. The van der Waals surface area contributed by atoms with Crippen molar-refractivity contribution in [3.63, 3.8) is 0 Å². The summed E-state index contributed by atoms with van der Waals surface area (Å²) in [5, 5.41) is 22.8. The Bertz CT molecular complexity index is 1610. The highest BCUT2D eigenvalue weighted by atomic mass is 19.1. The zero-order valence-electron chi connectivity index (χ0n) is 22.3. The normalized spacial score (nSPS) is 14.2. The quantitative estimate of drug-likeness (QED) is 0.300. The van der Waals surface area contributed by atoms with Crippen molar-refractivity contribution in [2.45, 2.75) is 45.3 Å². The Morgan fingerprint density at radius 2 is 1.85 bits per heavy atom. The largest absolute Gasteiger partial charge is 0.506 e. The van der Waals surface area contributed by atoms with Crippen molar-refractivity contribution in [3.05, 3.63) is 65.9 Å². The minimum Gasteiger partial charge on any atom is -0.506 e. The molecular weight excluding hydrogens is 518 g/mol. The molecule has 0 aliphatic carbocycles. The number of ether oxygens (including phenoxy) is 1. The summed E-state index contributed by atoms with van der Waals surface area (Å²) in [7, 11) is 0. The summed E-state index contributed by atoms with van der Waals surface area (Å²) in [6.07, 6.45) is 2.25. The molecule has 2 aromatic carbocycles. The SMILES string of the molecule is CC(C)(C)OC(=O)NC1CCN(c2c(-c3cc(F)cc(F)c3)cnc3cc(-c4cccc(C#N)c4O)oc23)CC1. The van der Waals surface area contributed by atoms with Gasteiger partial charge in [-0.25, -0.2) is 13.6 Å². The maximum atomic E-state index is 14.2. The number of para-hydroxylation sites is 1. The maximum Gasteiger partial charge on any atom is 0.407 e. The lowest BCUT2D eigenvalue weighted by Gasteiger charge is -2.35. The molecular formula is C30H28F2N4O4. The molecule has 2 N–H and O–H groups in total. The monoisotopic (exact) mass is 546 g/mol. The second kappa shape index (κ2) is 10.5. The van der Waals surface area contributed by atoms with E-state index in [1.54, 1.807) is 45.2 Å². The molecule has 0 radical (unpaired) electrons. The fourth-order valence-corrected chi connectivity index (χ4v) is 4.89. The average Bonchev–Trinajstić information content (AvgIpc) is 3.31. The predicted octanol–water partition coefficient (Wildman–Crippen LogP) is 6.51. The van der Waals surface area contributed by atoms with Gasteiger partial charge in [0.1, 0.15) is 40.3 Å². The first-order valence-corrected chi connectivity index (χ1v) is 12.9. The number of carbonyl (C=O) groups is 1. The number of halogens is 2. The Morgan fingerprint density at radius 3 is 2.50 bits per heavy atom. The van der Waals surface area contributed by atoms with Crippen LogP contribution >= 0.6 is 0 Å². The zero-order valence-corrected chi connectivity index (χ0v) is 22.3. The first-order valence-electron chi connectivity index (χ1n) is 12.9. The molecule has 1 fully saturated rings. The van der Waals surface area contributed by atoms with Gasteiger partial charge in [0.15, 0.2) is 5.58 Å². The summed E-state index contributed by atoms with van der Waals surface area (Å²) >= 11 is 0. The third-order valence-electron chi connectivity index (χ3n) is 6.64. The highest BCUT2D eigenvalue weighted by molar-refractivity contribution is 5.98. The predicted molar refractivity (Wildman–Crippen MR) is 146 cm³/mol. The van der Waals surface area contributed by atoms with E-state index < -0.39 is 23.3 Å². The van der Waals surface area contributed by atoms with E-state index >= 15 is 0 Å². The van der Waals surface area contributed by atoms with Crippen LogP contribution in [0.25, 0.3) is 33.6 Å². The molecule has 40 heavy (non-hydrogen) atoms. The average molecular weight is 547 g/mol. The van der Waals surface area contributed by atoms with Crippen LogP contribution in [0.1, 0.15) is 39.2 Å². The van der Waals surface area contributed by atoms with E-state index in [0.717, 1.165) is 6.07 Å². The number of nitrogens with zero attached hydrogens (tertiary/aromatic N) is 3. The van der Waals surface area contributed by atoms with E-state index in [1.807, 2.05) is 11.0 Å². The second-order valence-corrected chi connectivity index (χ2v) is 10.7. The number of carbonyl (C=O) groups excluding carboxylic acids is 1. The molecule has 5 rings (SSSR count). The van der Waals surface area contributed by atoms with E-state index in [1.165, 1.54) is 18.2 Å². The lowest BCUT2D eigenvalue weighted by atomic mass is 10.00. The fourth-order valence-electron chi connectivity index (χ4n) is 4.89. The third-order valence-corrected chi connectivity index (χ3v) is 6.64.